The standard InChI is InChI=1S/C27H39NO3.ClH/c1-3-4-5-6-10-17-27(29,24-13-15-25(30-2)16-14-24)26(23-11-8-7-9-12-23)22-28-18-20-31-21-19-28;/h7-9,11-16,26,29H,3-6,10,17-22H2,1-2H3;1H. The number of hydrogen-bond acceptors (Lipinski definition) is 4. The lowest BCUT2D eigenvalue weighted by atomic mass is 9.73. The molecule has 32 heavy (non-hydrogen) atoms. The molecule has 2 unspecified atom stereocenters. The summed E-state index contributed by atoms with van der Waals surface area (Å²) in [6.07, 6.45) is 6.66. The fourth-order valence-electron chi connectivity index (χ4n) is 4.66. The second kappa shape index (κ2) is 13.8. The van der Waals surface area contributed by atoms with Crippen LogP contribution in [-0.2, 0) is 10.3 Å². The van der Waals surface area contributed by atoms with Crippen molar-refractivity contribution in [2.45, 2.75) is 57.0 Å². The van der Waals surface area contributed by atoms with Crippen LogP contribution in [0.15, 0.2) is 54.6 Å². The smallest absolute Gasteiger partial charge is 0.118 e. The molecule has 4 nitrogen and oxygen atoms in total. The minimum atomic E-state index is -0.932. The van der Waals surface area contributed by atoms with Crippen molar-refractivity contribution >= 4 is 12.4 Å². The van der Waals surface area contributed by atoms with Gasteiger partial charge in [-0.05, 0) is 29.7 Å². The van der Waals surface area contributed by atoms with Crippen LogP contribution in [-0.4, -0.2) is 50.0 Å². The number of methoxy groups -OCH3 is 1. The SMILES string of the molecule is CCCCCCCC(O)(c1ccc(OC)cc1)C(CN1CCOCC1)c1ccccc1.Cl. The third kappa shape index (κ3) is 7.21. The Labute approximate surface area is 200 Å². The van der Waals surface area contributed by atoms with Crippen molar-refractivity contribution in [3.63, 3.8) is 0 Å². The maximum Gasteiger partial charge on any atom is 0.118 e. The highest BCUT2D eigenvalue weighted by atomic mass is 35.5. The second-order valence-corrected chi connectivity index (χ2v) is 8.69. The third-order valence-electron chi connectivity index (χ3n) is 6.57. The maximum absolute atomic E-state index is 12.3. The van der Waals surface area contributed by atoms with Crippen LogP contribution in [0.1, 0.15) is 62.5 Å². The number of ether oxygens (including phenoxy) is 2. The molecule has 2 aromatic carbocycles. The lowest BCUT2D eigenvalue weighted by Gasteiger charge is -2.41. The highest BCUT2D eigenvalue weighted by Gasteiger charge is 2.40. The van der Waals surface area contributed by atoms with Gasteiger partial charge in [-0.3, -0.25) is 4.90 Å². The van der Waals surface area contributed by atoms with Gasteiger partial charge >= 0.3 is 0 Å². The van der Waals surface area contributed by atoms with Gasteiger partial charge in [0.25, 0.3) is 0 Å². The van der Waals surface area contributed by atoms with Gasteiger partial charge < -0.3 is 14.6 Å². The molecule has 0 saturated carbocycles. The van der Waals surface area contributed by atoms with Crippen LogP contribution in [0.4, 0.5) is 0 Å². The monoisotopic (exact) mass is 461 g/mol. The Kier molecular flexibility index (Phi) is 11.5. The zero-order valence-corrected chi connectivity index (χ0v) is 20.5. The van der Waals surface area contributed by atoms with Gasteiger partial charge in [0.1, 0.15) is 5.75 Å². The van der Waals surface area contributed by atoms with E-state index in [0.717, 1.165) is 63.4 Å². The van der Waals surface area contributed by atoms with Crippen molar-refractivity contribution in [1.29, 1.82) is 0 Å². The quantitative estimate of drug-likeness (QED) is 0.407. The predicted octanol–water partition coefficient (Wildman–Crippen LogP) is 5.78. The van der Waals surface area contributed by atoms with Crippen molar-refractivity contribution < 1.29 is 14.6 Å². The van der Waals surface area contributed by atoms with E-state index in [4.69, 9.17) is 9.47 Å². The molecule has 3 rings (SSSR count). The molecule has 178 valence electrons. The van der Waals surface area contributed by atoms with Gasteiger partial charge in [-0.15, -0.1) is 12.4 Å². The Hall–Kier alpha value is -1.59. The molecule has 0 aromatic heterocycles. The van der Waals surface area contributed by atoms with Crippen LogP contribution in [0.2, 0.25) is 0 Å². The molecule has 2 atom stereocenters. The number of morpholine rings is 1. The van der Waals surface area contributed by atoms with Crippen molar-refractivity contribution in [3.05, 3.63) is 65.7 Å². The number of aliphatic hydroxyl groups is 1. The zero-order valence-electron chi connectivity index (χ0n) is 19.7. The molecule has 1 aliphatic heterocycles. The molecule has 2 aromatic rings. The van der Waals surface area contributed by atoms with E-state index in [2.05, 4.69) is 36.1 Å². The minimum Gasteiger partial charge on any atom is -0.497 e. The number of unbranched alkanes of at least 4 members (excludes halogenated alkanes) is 4. The highest BCUT2D eigenvalue weighted by molar-refractivity contribution is 5.85. The predicted molar refractivity (Wildman–Crippen MR) is 134 cm³/mol. The number of nitrogens with zero attached hydrogens (tertiary/aromatic N) is 1. The molecule has 0 amide bonds. The lowest BCUT2D eigenvalue weighted by molar-refractivity contribution is -0.0296. The largest absolute Gasteiger partial charge is 0.497 e. The fourth-order valence-corrected chi connectivity index (χ4v) is 4.66. The topological polar surface area (TPSA) is 41.9 Å². The fraction of sp³-hybridized carbons (Fsp3) is 0.556. The Morgan fingerprint density at radius 2 is 1.62 bits per heavy atom. The molecule has 0 aliphatic carbocycles. The van der Waals surface area contributed by atoms with E-state index in [9.17, 15) is 5.11 Å². The molecule has 0 spiro atoms. The van der Waals surface area contributed by atoms with Crippen molar-refractivity contribution in [3.8, 4) is 5.75 Å². The van der Waals surface area contributed by atoms with E-state index < -0.39 is 5.60 Å². The summed E-state index contributed by atoms with van der Waals surface area (Å²) in [6, 6.07) is 18.6. The average Bonchev–Trinajstić information content (AvgIpc) is 2.83. The Balaban J connectivity index is 0.00000363. The lowest BCUT2D eigenvalue weighted by Crippen LogP contribution is -2.45. The molecule has 5 heteroatoms. The summed E-state index contributed by atoms with van der Waals surface area (Å²) in [4.78, 5) is 2.44. The van der Waals surface area contributed by atoms with Crippen LogP contribution in [0.3, 0.4) is 0 Å². The summed E-state index contributed by atoms with van der Waals surface area (Å²) in [5.74, 6) is 0.810. The summed E-state index contributed by atoms with van der Waals surface area (Å²) >= 11 is 0. The van der Waals surface area contributed by atoms with Gasteiger partial charge in [0, 0.05) is 25.6 Å². The summed E-state index contributed by atoms with van der Waals surface area (Å²) in [5.41, 5.74) is 1.24. The van der Waals surface area contributed by atoms with Gasteiger partial charge in [-0.1, -0.05) is 81.5 Å². The summed E-state index contributed by atoms with van der Waals surface area (Å²) in [6.45, 7) is 6.42. The first-order chi connectivity index (χ1) is 15.2. The molecule has 1 heterocycles. The van der Waals surface area contributed by atoms with Crippen LogP contribution >= 0.6 is 12.4 Å². The number of halogens is 1. The number of benzene rings is 2. The minimum absolute atomic E-state index is 0. The molecular formula is C27H40ClNO3. The van der Waals surface area contributed by atoms with Crippen LogP contribution < -0.4 is 4.74 Å². The van der Waals surface area contributed by atoms with Gasteiger partial charge in [-0.2, -0.15) is 0 Å². The van der Waals surface area contributed by atoms with Crippen molar-refractivity contribution in [1.82, 2.24) is 4.90 Å². The normalized spacial score (nSPS) is 17.2. The summed E-state index contributed by atoms with van der Waals surface area (Å²) < 4.78 is 10.9. The van der Waals surface area contributed by atoms with Gasteiger partial charge in [0.05, 0.1) is 25.9 Å². The molecule has 1 saturated heterocycles. The first-order valence-electron chi connectivity index (χ1n) is 11.9. The number of rotatable bonds is 12. The van der Waals surface area contributed by atoms with Crippen LogP contribution in [0.5, 0.6) is 5.75 Å². The Morgan fingerprint density at radius 1 is 0.969 bits per heavy atom. The van der Waals surface area contributed by atoms with Gasteiger partial charge in [-0.25, -0.2) is 0 Å². The molecule has 0 radical (unpaired) electrons. The first kappa shape index (κ1) is 26.7. The molecule has 1 N–H and O–H groups in total. The first-order valence-corrected chi connectivity index (χ1v) is 11.9. The molecule has 1 aliphatic rings. The highest BCUT2D eigenvalue weighted by Crippen LogP contribution is 2.42. The van der Waals surface area contributed by atoms with Crippen LogP contribution in [0.25, 0.3) is 0 Å². The van der Waals surface area contributed by atoms with Gasteiger partial charge in [0.2, 0.25) is 0 Å². The maximum atomic E-state index is 12.3. The summed E-state index contributed by atoms with van der Waals surface area (Å²) in [7, 11) is 1.68. The Bertz CT molecular complexity index is 749. The van der Waals surface area contributed by atoms with E-state index in [1.807, 2.05) is 30.3 Å². The molecule has 1 fully saturated rings. The van der Waals surface area contributed by atoms with E-state index >= 15 is 0 Å². The summed E-state index contributed by atoms with van der Waals surface area (Å²) in [5, 5.41) is 12.3. The third-order valence-corrected chi connectivity index (χ3v) is 6.57. The van der Waals surface area contributed by atoms with E-state index in [1.165, 1.54) is 24.8 Å². The Morgan fingerprint density at radius 3 is 2.25 bits per heavy atom. The van der Waals surface area contributed by atoms with E-state index in [-0.39, 0.29) is 18.3 Å². The van der Waals surface area contributed by atoms with E-state index in [0.29, 0.717) is 0 Å². The average molecular weight is 462 g/mol. The number of hydrogen-bond donors (Lipinski definition) is 1. The van der Waals surface area contributed by atoms with Crippen molar-refractivity contribution in [2.75, 3.05) is 40.0 Å². The van der Waals surface area contributed by atoms with E-state index in [1.54, 1.807) is 7.11 Å². The van der Waals surface area contributed by atoms with Crippen LogP contribution in [0, 0.1) is 0 Å². The molecule has 0 bridgehead atoms. The van der Waals surface area contributed by atoms with Crippen molar-refractivity contribution in [2.24, 2.45) is 0 Å². The second-order valence-electron chi connectivity index (χ2n) is 8.69. The molecular weight excluding hydrogens is 422 g/mol. The zero-order chi connectivity index (χ0) is 21.9. The van der Waals surface area contributed by atoms with Gasteiger partial charge in [0.15, 0.2) is 0 Å².